The van der Waals surface area contributed by atoms with E-state index in [1.165, 1.54) is 0 Å². The molecule has 1 aliphatic rings. The zero-order chi connectivity index (χ0) is 15.2. The predicted octanol–water partition coefficient (Wildman–Crippen LogP) is 1.85. The second-order valence-electron chi connectivity index (χ2n) is 6.15. The maximum absolute atomic E-state index is 12.1. The molecule has 2 amide bonds. The largest absolute Gasteiger partial charge is 0.347 e. The third kappa shape index (κ3) is 4.59. The summed E-state index contributed by atoms with van der Waals surface area (Å²) in [7, 11) is 0. The van der Waals surface area contributed by atoms with Gasteiger partial charge in [0.05, 0.1) is 0 Å². The monoisotopic (exact) mass is 288 g/mol. The summed E-state index contributed by atoms with van der Waals surface area (Å²) in [6, 6.07) is 9.94. The van der Waals surface area contributed by atoms with Gasteiger partial charge in [0, 0.05) is 19.6 Å². The molecule has 0 aliphatic carbocycles. The number of carbonyl (C=O) groups excluding carboxylic acids is 2. The predicted molar refractivity (Wildman–Crippen MR) is 82.7 cm³/mol. The van der Waals surface area contributed by atoms with Crippen LogP contribution in [0.4, 0.5) is 0 Å². The Bertz CT molecular complexity index is 477. The van der Waals surface area contributed by atoms with Gasteiger partial charge < -0.3 is 10.2 Å². The summed E-state index contributed by atoms with van der Waals surface area (Å²) < 4.78 is 0. The van der Waals surface area contributed by atoms with Crippen molar-refractivity contribution < 1.29 is 9.59 Å². The topological polar surface area (TPSA) is 49.4 Å². The lowest BCUT2D eigenvalue weighted by molar-refractivity contribution is -0.147. The molecule has 0 spiro atoms. The van der Waals surface area contributed by atoms with E-state index in [0.717, 1.165) is 18.4 Å². The number of hydrogen-bond donors (Lipinski definition) is 1. The van der Waals surface area contributed by atoms with Crippen molar-refractivity contribution in [2.45, 2.75) is 26.7 Å². The Morgan fingerprint density at radius 3 is 2.38 bits per heavy atom. The highest BCUT2D eigenvalue weighted by Crippen LogP contribution is 2.20. The van der Waals surface area contributed by atoms with Crippen LogP contribution in [0.15, 0.2) is 30.3 Å². The van der Waals surface area contributed by atoms with Gasteiger partial charge in [-0.05, 0) is 30.2 Å². The van der Waals surface area contributed by atoms with E-state index in [9.17, 15) is 9.59 Å². The highest BCUT2D eigenvalue weighted by atomic mass is 16.2. The molecule has 1 aromatic carbocycles. The van der Waals surface area contributed by atoms with E-state index in [-0.39, 0.29) is 5.91 Å². The van der Waals surface area contributed by atoms with Crippen LogP contribution in [-0.4, -0.2) is 36.3 Å². The summed E-state index contributed by atoms with van der Waals surface area (Å²) in [5.41, 5.74) is 1.16. The molecule has 0 bridgehead atoms. The summed E-state index contributed by atoms with van der Waals surface area (Å²) in [5, 5.41) is 2.73. The van der Waals surface area contributed by atoms with Gasteiger partial charge in [0.2, 0.25) is 0 Å². The van der Waals surface area contributed by atoms with Gasteiger partial charge in [-0.25, -0.2) is 0 Å². The number of nitrogens with zero attached hydrogens (tertiary/aromatic N) is 1. The van der Waals surface area contributed by atoms with Gasteiger partial charge in [-0.3, -0.25) is 9.59 Å². The van der Waals surface area contributed by atoms with E-state index in [0.29, 0.717) is 31.5 Å². The number of amides is 2. The smallest absolute Gasteiger partial charge is 0.311 e. The number of hydrogen-bond acceptors (Lipinski definition) is 2. The first-order valence-electron chi connectivity index (χ1n) is 7.67. The van der Waals surface area contributed by atoms with Crippen molar-refractivity contribution in [2.24, 2.45) is 11.8 Å². The Morgan fingerprint density at radius 2 is 1.76 bits per heavy atom. The Labute approximate surface area is 126 Å². The minimum Gasteiger partial charge on any atom is -0.347 e. The molecule has 0 aromatic heterocycles. The molecule has 1 aromatic rings. The molecule has 4 heteroatoms. The van der Waals surface area contributed by atoms with Crippen LogP contribution < -0.4 is 5.32 Å². The van der Waals surface area contributed by atoms with Crippen molar-refractivity contribution >= 4 is 11.8 Å². The van der Waals surface area contributed by atoms with Crippen molar-refractivity contribution in [3.05, 3.63) is 35.9 Å². The fourth-order valence-electron chi connectivity index (χ4n) is 3.01. The number of carbonyl (C=O) groups is 2. The van der Waals surface area contributed by atoms with E-state index >= 15 is 0 Å². The SMILES string of the molecule is CC1CC(C)CN(C(=O)C(=O)NCCc2ccccc2)C1. The molecule has 2 unspecified atom stereocenters. The quantitative estimate of drug-likeness (QED) is 0.863. The van der Waals surface area contributed by atoms with Gasteiger partial charge in [0.15, 0.2) is 0 Å². The average molecular weight is 288 g/mol. The fourth-order valence-corrected chi connectivity index (χ4v) is 3.01. The van der Waals surface area contributed by atoms with E-state index in [2.05, 4.69) is 19.2 Å². The molecular formula is C17H24N2O2. The average Bonchev–Trinajstić information content (AvgIpc) is 2.46. The van der Waals surface area contributed by atoms with Crippen LogP contribution in [0.5, 0.6) is 0 Å². The first-order valence-corrected chi connectivity index (χ1v) is 7.67. The summed E-state index contributed by atoms with van der Waals surface area (Å²) in [4.78, 5) is 25.8. The van der Waals surface area contributed by atoms with E-state index in [4.69, 9.17) is 0 Å². The van der Waals surface area contributed by atoms with Crippen LogP contribution >= 0.6 is 0 Å². The van der Waals surface area contributed by atoms with Gasteiger partial charge in [-0.15, -0.1) is 0 Å². The Hall–Kier alpha value is -1.84. The Morgan fingerprint density at radius 1 is 1.14 bits per heavy atom. The van der Waals surface area contributed by atoms with Crippen LogP contribution in [0.25, 0.3) is 0 Å². The molecule has 1 fully saturated rings. The number of nitrogens with one attached hydrogen (secondary N) is 1. The maximum atomic E-state index is 12.1. The summed E-state index contributed by atoms with van der Waals surface area (Å²) in [6.45, 7) is 6.13. The third-order valence-electron chi connectivity index (χ3n) is 3.89. The zero-order valence-electron chi connectivity index (χ0n) is 12.8. The number of piperidine rings is 1. The van der Waals surface area contributed by atoms with Crippen LogP contribution in [0.3, 0.4) is 0 Å². The van der Waals surface area contributed by atoms with E-state index < -0.39 is 5.91 Å². The van der Waals surface area contributed by atoms with Crippen molar-refractivity contribution in [2.75, 3.05) is 19.6 Å². The molecule has 1 N–H and O–H groups in total. The zero-order valence-corrected chi connectivity index (χ0v) is 12.8. The molecule has 0 saturated carbocycles. The molecule has 1 saturated heterocycles. The summed E-state index contributed by atoms with van der Waals surface area (Å²) in [5.74, 6) is 0.0679. The Kier molecular flexibility index (Phi) is 5.37. The van der Waals surface area contributed by atoms with Crippen molar-refractivity contribution in [3.8, 4) is 0 Å². The molecule has 2 rings (SSSR count). The normalized spacial score (nSPS) is 21.9. The van der Waals surface area contributed by atoms with Gasteiger partial charge in [0.1, 0.15) is 0 Å². The van der Waals surface area contributed by atoms with Crippen LogP contribution in [-0.2, 0) is 16.0 Å². The first kappa shape index (κ1) is 15.5. The summed E-state index contributed by atoms with van der Waals surface area (Å²) >= 11 is 0. The highest BCUT2D eigenvalue weighted by molar-refractivity contribution is 6.35. The highest BCUT2D eigenvalue weighted by Gasteiger charge is 2.28. The van der Waals surface area contributed by atoms with Crippen molar-refractivity contribution in [3.63, 3.8) is 0 Å². The fraction of sp³-hybridized carbons (Fsp3) is 0.529. The van der Waals surface area contributed by atoms with Gasteiger partial charge in [-0.2, -0.15) is 0 Å². The lowest BCUT2D eigenvalue weighted by Gasteiger charge is -2.34. The molecule has 0 radical (unpaired) electrons. The van der Waals surface area contributed by atoms with Crippen LogP contribution in [0.2, 0.25) is 0 Å². The third-order valence-corrected chi connectivity index (χ3v) is 3.89. The minimum absolute atomic E-state index is 0.388. The molecular weight excluding hydrogens is 264 g/mol. The molecule has 114 valence electrons. The molecule has 21 heavy (non-hydrogen) atoms. The van der Waals surface area contributed by atoms with Crippen molar-refractivity contribution in [1.82, 2.24) is 10.2 Å². The molecule has 1 aliphatic heterocycles. The molecule has 4 nitrogen and oxygen atoms in total. The van der Waals surface area contributed by atoms with E-state index in [1.54, 1.807) is 4.90 Å². The molecule has 1 heterocycles. The lowest BCUT2D eigenvalue weighted by atomic mass is 9.92. The van der Waals surface area contributed by atoms with Gasteiger partial charge >= 0.3 is 11.8 Å². The van der Waals surface area contributed by atoms with Crippen LogP contribution in [0.1, 0.15) is 25.8 Å². The standard InChI is InChI=1S/C17H24N2O2/c1-13-10-14(2)12-19(11-13)17(21)16(20)18-9-8-15-6-4-3-5-7-15/h3-7,13-14H,8-12H2,1-2H3,(H,18,20). The number of likely N-dealkylation sites (tertiary alicyclic amines) is 1. The lowest BCUT2D eigenvalue weighted by Crippen LogP contribution is -2.49. The summed E-state index contributed by atoms with van der Waals surface area (Å²) in [6.07, 6.45) is 1.87. The Balaban J connectivity index is 1.78. The minimum atomic E-state index is -0.479. The van der Waals surface area contributed by atoms with Gasteiger partial charge in [-0.1, -0.05) is 44.2 Å². The molecule has 2 atom stereocenters. The van der Waals surface area contributed by atoms with Gasteiger partial charge in [0.25, 0.3) is 0 Å². The number of rotatable bonds is 3. The van der Waals surface area contributed by atoms with Crippen LogP contribution in [0, 0.1) is 11.8 Å². The maximum Gasteiger partial charge on any atom is 0.311 e. The van der Waals surface area contributed by atoms with Crippen molar-refractivity contribution in [1.29, 1.82) is 0 Å². The van der Waals surface area contributed by atoms with E-state index in [1.807, 2.05) is 30.3 Å². The second-order valence-corrected chi connectivity index (χ2v) is 6.15. The second kappa shape index (κ2) is 7.25. The number of benzene rings is 1. The first-order chi connectivity index (χ1) is 10.1.